The highest BCUT2D eigenvalue weighted by molar-refractivity contribution is 5.98. The lowest BCUT2D eigenvalue weighted by molar-refractivity contribution is -0.114. The van der Waals surface area contributed by atoms with Gasteiger partial charge in [-0.15, -0.1) is 0 Å². The quantitative estimate of drug-likeness (QED) is 0.326. The average Bonchev–Trinajstić information content (AvgIpc) is 2.88. The fourth-order valence-electron chi connectivity index (χ4n) is 4.09. The molecule has 4 aromatic rings. The summed E-state index contributed by atoms with van der Waals surface area (Å²) in [6.45, 7) is 4.77. The smallest absolute Gasteiger partial charge is 0.235 e. The average molecular weight is 502 g/mol. The third-order valence-corrected chi connectivity index (χ3v) is 5.80. The van der Waals surface area contributed by atoms with Gasteiger partial charge in [0, 0.05) is 23.7 Å². The Hall–Kier alpha value is -4.59. The van der Waals surface area contributed by atoms with E-state index in [9.17, 15) is 14.4 Å². The lowest BCUT2D eigenvalue weighted by Gasteiger charge is -2.14. The summed E-state index contributed by atoms with van der Waals surface area (Å²) in [4.78, 5) is 37.7. The number of anilines is 1. The minimum Gasteiger partial charge on any atom is -0.493 e. The molecule has 8 nitrogen and oxygen atoms in total. The van der Waals surface area contributed by atoms with Crippen LogP contribution in [0.2, 0.25) is 0 Å². The van der Waals surface area contributed by atoms with E-state index in [1.54, 1.807) is 48.5 Å². The number of benzene rings is 3. The Bertz CT molecular complexity index is 1550. The second-order valence-corrected chi connectivity index (χ2v) is 8.59. The molecule has 0 saturated carbocycles. The van der Waals surface area contributed by atoms with E-state index < -0.39 is 0 Å². The van der Waals surface area contributed by atoms with E-state index in [0.29, 0.717) is 39.3 Å². The largest absolute Gasteiger partial charge is 0.493 e. The van der Waals surface area contributed by atoms with E-state index in [0.717, 1.165) is 11.1 Å². The normalized spacial score (nSPS) is 10.7. The van der Waals surface area contributed by atoms with Crippen LogP contribution in [0.1, 0.15) is 28.4 Å². The second-order valence-electron chi connectivity index (χ2n) is 8.59. The van der Waals surface area contributed by atoms with Crippen LogP contribution < -0.4 is 25.0 Å². The van der Waals surface area contributed by atoms with Crippen LogP contribution >= 0.6 is 0 Å². The number of rotatable bonds is 8. The number of ether oxygens (including phenoxy) is 3. The molecule has 0 atom stereocenters. The van der Waals surface area contributed by atoms with Crippen molar-refractivity contribution in [2.24, 2.45) is 0 Å². The van der Waals surface area contributed by atoms with E-state index >= 15 is 0 Å². The van der Waals surface area contributed by atoms with Crippen molar-refractivity contribution >= 4 is 28.3 Å². The van der Waals surface area contributed by atoms with Crippen molar-refractivity contribution in [1.29, 1.82) is 0 Å². The molecule has 0 spiro atoms. The second kappa shape index (κ2) is 10.6. The molecule has 3 aromatic carbocycles. The zero-order valence-electron chi connectivity index (χ0n) is 21.3. The van der Waals surface area contributed by atoms with Gasteiger partial charge in [-0.3, -0.25) is 14.4 Å². The van der Waals surface area contributed by atoms with Crippen LogP contribution in [0.25, 0.3) is 22.3 Å². The van der Waals surface area contributed by atoms with Crippen molar-refractivity contribution < 1.29 is 28.2 Å². The standard InChI is InChI=1S/C29H27NO7/c1-16-12-17(2)27-22(13-16)26(33)29(28(37-27)20-8-11-24(34-4)25(14-20)35-5)36-15-23(32)19-6-9-21(10-7-19)30-18(3)31/h6-14H,15H2,1-5H3,(H,30,31). The SMILES string of the molecule is COc1ccc(-c2oc3c(C)cc(C)cc3c(=O)c2OCC(=O)c2ccc(NC(C)=O)cc2)cc1OC. The van der Waals surface area contributed by atoms with E-state index in [2.05, 4.69) is 5.32 Å². The van der Waals surface area contributed by atoms with Crippen molar-refractivity contribution in [2.75, 3.05) is 26.1 Å². The van der Waals surface area contributed by atoms with Gasteiger partial charge in [0.1, 0.15) is 5.58 Å². The third kappa shape index (κ3) is 5.33. The Kier molecular flexibility index (Phi) is 7.29. The van der Waals surface area contributed by atoms with Gasteiger partial charge < -0.3 is 23.9 Å². The van der Waals surface area contributed by atoms with E-state index in [1.807, 2.05) is 19.9 Å². The van der Waals surface area contributed by atoms with Crippen LogP contribution in [0.3, 0.4) is 0 Å². The first-order valence-corrected chi connectivity index (χ1v) is 11.6. The lowest BCUT2D eigenvalue weighted by atomic mass is 10.0. The number of carbonyl (C=O) groups excluding carboxylic acids is 2. The zero-order valence-corrected chi connectivity index (χ0v) is 21.3. The monoisotopic (exact) mass is 501 g/mol. The number of methoxy groups -OCH3 is 2. The highest BCUT2D eigenvalue weighted by atomic mass is 16.5. The zero-order chi connectivity index (χ0) is 26.7. The molecule has 0 saturated heterocycles. The molecule has 8 heteroatoms. The molecule has 37 heavy (non-hydrogen) atoms. The maximum absolute atomic E-state index is 13.6. The Morgan fingerprint density at radius 2 is 1.62 bits per heavy atom. The minimum absolute atomic E-state index is 0.0760. The topological polar surface area (TPSA) is 104 Å². The molecule has 4 rings (SSSR count). The molecule has 0 aliphatic rings. The van der Waals surface area contributed by atoms with Gasteiger partial charge >= 0.3 is 0 Å². The van der Waals surface area contributed by atoms with Crippen LogP contribution in [0.5, 0.6) is 17.2 Å². The molecule has 1 amide bonds. The molecule has 0 aliphatic carbocycles. The molecule has 0 unspecified atom stereocenters. The number of aryl methyl sites for hydroxylation is 2. The number of amides is 1. The number of nitrogens with one attached hydrogen (secondary N) is 1. The van der Waals surface area contributed by atoms with Crippen molar-refractivity contribution in [3.63, 3.8) is 0 Å². The molecule has 1 heterocycles. The van der Waals surface area contributed by atoms with Gasteiger partial charge in [0.25, 0.3) is 0 Å². The van der Waals surface area contributed by atoms with Gasteiger partial charge in [0.05, 0.1) is 19.6 Å². The Morgan fingerprint density at radius 3 is 2.27 bits per heavy atom. The van der Waals surface area contributed by atoms with Crippen LogP contribution in [0.15, 0.2) is 63.8 Å². The third-order valence-electron chi connectivity index (χ3n) is 5.80. The Morgan fingerprint density at radius 1 is 0.919 bits per heavy atom. The summed E-state index contributed by atoms with van der Waals surface area (Å²) >= 11 is 0. The van der Waals surface area contributed by atoms with Crippen molar-refractivity contribution in [2.45, 2.75) is 20.8 Å². The molecular weight excluding hydrogens is 474 g/mol. The summed E-state index contributed by atoms with van der Waals surface area (Å²) in [5.41, 5.74) is 3.23. The summed E-state index contributed by atoms with van der Waals surface area (Å²) in [6, 6.07) is 15.2. The number of ketones is 1. The fraction of sp³-hybridized carbons (Fsp3) is 0.207. The number of hydrogen-bond acceptors (Lipinski definition) is 7. The van der Waals surface area contributed by atoms with Gasteiger partial charge in [-0.2, -0.15) is 0 Å². The summed E-state index contributed by atoms with van der Waals surface area (Å²) < 4.78 is 22.8. The highest BCUT2D eigenvalue weighted by Gasteiger charge is 2.22. The van der Waals surface area contributed by atoms with E-state index in [-0.39, 0.29) is 35.2 Å². The molecular formula is C29H27NO7. The minimum atomic E-state index is -0.388. The van der Waals surface area contributed by atoms with Crippen LogP contribution in [-0.4, -0.2) is 32.5 Å². The summed E-state index contributed by atoms with van der Waals surface area (Å²) in [5.74, 6) is 0.518. The van der Waals surface area contributed by atoms with Crippen LogP contribution in [0.4, 0.5) is 5.69 Å². The van der Waals surface area contributed by atoms with Gasteiger partial charge in [-0.25, -0.2) is 0 Å². The maximum Gasteiger partial charge on any atom is 0.235 e. The first kappa shape index (κ1) is 25.5. The number of hydrogen-bond donors (Lipinski definition) is 1. The molecule has 1 aromatic heterocycles. The van der Waals surface area contributed by atoms with Gasteiger partial charge in [-0.1, -0.05) is 6.07 Å². The first-order valence-electron chi connectivity index (χ1n) is 11.6. The van der Waals surface area contributed by atoms with Crippen molar-refractivity contribution in [1.82, 2.24) is 0 Å². The fourth-order valence-corrected chi connectivity index (χ4v) is 4.09. The molecule has 0 fully saturated rings. The van der Waals surface area contributed by atoms with Gasteiger partial charge in [0.15, 0.2) is 29.6 Å². The number of fused-ring (bicyclic) bond motifs is 1. The highest BCUT2D eigenvalue weighted by Crippen LogP contribution is 2.37. The number of Topliss-reactive ketones (excluding diaryl/α,β-unsaturated/α-hetero) is 1. The lowest BCUT2D eigenvalue weighted by Crippen LogP contribution is -2.17. The molecule has 0 radical (unpaired) electrons. The van der Waals surface area contributed by atoms with E-state index in [1.165, 1.54) is 21.1 Å². The van der Waals surface area contributed by atoms with E-state index in [4.69, 9.17) is 18.6 Å². The summed E-state index contributed by atoms with van der Waals surface area (Å²) in [6.07, 6.45) is 0. The maximum atomic E-state index is 13.6. The molecule has 190 valence electrons. The van der Waals surface area contributed by atoms with Crippen LogP contribution in [-0.2, 0) is 4.79 Å². The Labute approximate surface area is 213 Å². The number of carbonyl (C=O) groups is 2. The molecule has 1 N–H and O–H groups in total. The van der Waals surface area contributed by atoms with Crippen LogP contribution in [0, 0.1) is 13.8 Å². The summed E-state index contributed by atoms with van der Waals surface area (Å²) in [5, 5.41) is 3.02. The van der Waals surface area contributed by atoms with Crippen molar-refractivity contribution in [3.05, 3.63) is 81.5 Å². The summed E-state index contributed by atoms with van der Waals surface area (Å²) in [7, 11) is 3.04. The Balaban J connectivity index is 1.76. The molecule has 0 aliphatic heterocycles. The predicted octanol–water partition coefficient (Wildman–Crippen LogP) is 5.31. The predicted molar refractivity (Wildman–Crippen MR) is 141 cm³/mol. The van der Waals surface area contributed by atoms with Gasteiger partial charge in [0.2, 0.25) is 17.1 Å². The van der Waals surface area contributed by atoms with Crippen molar-refractivity contribution in [3.8, 4) is 28.6 Å². The molecule has 0 bridgehead atoms. The first-order chi connectivity index (χ1) is 17.7. The van der Waals surface area contributed by atoms with Gasteiger partial charge in [-0.05, 0) is 73.5 Å².